The van der Waals surface area contributed by atoms with E-state index in [-0.39, 0.29) is 5.82 Å². The van der Waals surface area contributed by atoms with Gasteiger partial charge < -0.3 is 0 Å². The summed E-state index contributed by atoms with van der Waals surface area (Å²) < 4.78 is -0.358. The van der Waals surface area contributed by atoms with Crippen LogP contribution >= 0.6 is 46.6 Å². The van der Waals surface area contributed by atoms with Crippen LogP contribution in [0.5, 0.6) is 0 Å². The van der Waals surface area contributed by atoms with E-state index in [2.05, 4.69) is 4.98 Å². The monoisotopic (exact) mass is 268 g/mol. The SMILES string of the molecule is Cln1c(C(Cl)(Cl)Cl)nc2ccccc21. The normalized spacial score (nSPS) is 12.3. The first-order chi connectivity index (χ1) is 6.50. The summed E-state index contributed by atoms with van der Waals surface area (Å²) in [6.07, 6.45) is 0. The highest BCUT2D eigenvalue weighted by Gasteiger charge is 2.30. The van der Waals surface area contributed by atoms with Gasteiger partial charge in [-0.2, -0.15) is 0 Å². The maximum Gasteiger partial charge on any atom is 0.249 e. The van der Waals surface area contributed by atoms with Crippen LogP contribution in [0.3, 0.4) is 0 Å². The first kappa shape index (κ1) is 10.4. The van der Waals surface area contributed by atoms with Gasteiger partial charge in [0.25, 0.3) is 0 Å². The van der Waals surface area contributed by atoms with E-state index in [9.17, 15) is 0 Å². The maximum atomic E-state index is 5.94. The van der Waals surface area contributed by atoms with Crippen LogP contribution in [0, 0.1) is 0 Å². The quantitative estimate of drug-likeness (QED) is 0.664. The third-order valence-corrected chi connectivity index (χ3v) is 2.61. The first-order valence-corrected chi connectivity index (χ1v) is 5.18. The van der Waals surface area contributed by atoms with E-state index in [1.807, 2.05) is 12.1 Å². The van der Waals surface area contributed by atoms with Crippen LogP contribution in [0.2, 0.25) is 0 Å². The highest BCUT2D eigenvalue weighted by Crippen LogP contribution is 2.39. The molecule has 74 valence electrons. The minimum Gasteiger partial charge on any atom is -0.234 e. The van der Waals surface area contributed by atoms with Gasteiger partial charge in [-0.25, -0.2) is 9.07 Å². The molecule has 0 unspecified atom stereocenters. The van der Waals surface area contributed by atoms with Crippen molar-refractivity contribution in [2.45, 2.75) is 3.79 Å². The lowest BCUT2D eigenvalue weighted by atomic mass is 10.3. The van der Waals surface area contributed by atoms with Crippen molar-refractivity contribution in [2.75, 3.05) is 0 Å². The van der Waals surface area contributed by atoms with Crippen LogP contribution < -0.4 is 0 Å². The number of fused-ring (bicyclic) bond motifs is 1. The Morgan fingerprint density at radius 1 is 1.14 bits per heavy atom. The molecule has 0 bridgehead atoms. The molecule has 1 heterocycles. The molecular formula is C8H4Cl4N2. The average molecular weight is 270 g/mol. The number of para-hydroxylation sites is 2. The number of alkyl halides is 3. The zero-order chi connectivity index (χ0) is 10.3. The fourth-order valence-electron chi connectivity index (χ4n) is 1.17. The molecule has 14 heavy (non-hydrogen) atoms. The Bertz CT molecular complexity index is 472. The Labute approximate surface area is 100 Å². The van der Waals surface area contributed by atoms with Gasteiger partial charge in [0.2, 0.25) is 3.79 Å². The predicted molar refractivity (Wildman–Crippen MR) is 60.2 cm³/mol. The zero-order valence-corrected chi connectivity index (χ0v) is 9.74. The first-order valence-electron chi connectivity index (χ1n) is 3.71. The molecule has 0 spiro atoms. The number of aromatic nitrogens is 2. The molecule has 2 rings (SSSR count). The molecule has 0 saturated heterocycles. The van der Waals surface area contributed by atoms with Crippen LogP contribution in [0.4, 0.5) is 0 Å². The minimum absolute atomic E-state index is 0.199. The maximum absolute atomic E-state index is 5.94. The van der Waals surface area contributed by atoms with Crippen molar-refractivity contribution in [1.82, 2.24) is 9.07 Å². The Balaban J connectivity index is 2.75. The molecule has 1 aromatic carbocycles. The predicted octanol–water partition coefficient (Wildman–Crippen LogP) is 3.86. The van der Waals surface area contributed by atoms with Crippen LogP contribution in [-0.2, 0) is 3.79 Å². The zero-order valence-electron chi connectivity index (χ0n) is 6.72. The summed E-state index contributed by atoms with van der Waals surface area (Å²) in [5.41, 5.74) is 1.42. The molecule has 0 N–H and O–H groups in total. The summed E-state index contributed by atoms with van der Waals surface area (Å²) in [5, 5.41) is 0. The van der Waals surface area contributed by atoms with Gasteiger partial charge in [0, 0.05) is 11.8 Å². The Hall–Kier alpha value is -0.150. The molecule has 0 aliphatic rings. The molecule has 0 radical (unpaired) electrons. The van der Waals surface area contributed by atoms with Crippen LogP contribution in [0.15, 0.2) is 24.3 Å². The van der Waals surface area contributed by atoms with E-state index in [1.54, 1.807) is 12.1 Å². The Morgan fingerprint density at radius 2 is 1.79 bits per heavy atom. The van der Waals surface area contributed by atoms with Gasteiger partial charge in [-0.1, -0.05) is 46.9 Å². The van der Waals surface area contributed by atoms with Gasteiger partial charge in [-0.15, -0.1) is 0 Å². The van der Waals surface area contributed by atoms with Crippen molar-refractivity contribution in [3.8, 4) is 0 Å². The van der Waals surface area contributed by atoms with Crippen LogP contribution in [0.25, 0.3) is 11.0 Å². The van der Waals surface area contributed by atoms with Gasteiger partial charge in [-0.3, -0.25) is 0 Å². The molecule has 0 saturated carbocycles. The second-order valence-electron chi connectivity index (χ2n) is 2.70. The Kier molecular flexibility index (Phi) is 2.56. The number of imidazole rings is 1. The summed E-state index contributed by atoms with van der Waals surface area (Å²) >= 11 is 23.0. The third kappa shape index (κ3) is 1.68. The summed E-state index contributed by atoms with van der Waals surface area (Å²) in [6.45, 7) is 0. The number of benzene rings is 1. The lowest BCUT2D eigenvalue weighted by Crippen LogP contribution is -2.06. The van der Waals surface area contributed by atoms with E-state index in [4.69, 9.17) is 46.6 Å². The van der Waals surface area contributed by atoms with Crippen LogP contribution in [-0.4, -0.2) is 9.07 Å². The number of hydrogen-bond acceptors (Lipinski definition) is 1. The number of halogens is 4. The third-order valence-electron chi connectivity index (χ3n) is 1.76. The number of hydrogen-bond donors (Lipinski definition) is 0. The molecular weight excluding hydrogens is 266 g/mol. The highest BCUT2D eigenvalue weighted by molar-refractivity contribution is 6.66. The van der Waals surface area contributed by atoms with Gasteiger partial charge in [0.1, 0.15) is 0 Å². The second-order valence-corrected chi connectivity index (χ2v) is 5.32. The molecule has 6 heteroatoms. The van der Waals surface area contributed by atoms with E-state index in [0.29, 0.717) is 5.52 Å². The summed E-state index contributed by atoms with van der Waals surface area (Å²) in [7, 11) is 0. The number of nitrogens with zero attached hydrogens (tertiary/aromatic N) is 2. The standard InChI is InChI=1S/C8H4Cl4N2/c9-8(10,11)7-13-5-3-1-2-4-6(5)14(7)12/h1-4H. The minimum atomic E-state index is -1.61. The van der Waals surface area contributed by atoms with Crippen molar-refractivity contribution in [3.63, 3.8) is 0 Å². The Morgan fingerprint density at radius 3 is 2.36 bits per heavy atom. The fraction of sp³-hybridized carbons (Fsp3) is 0.125. The fourth-order valence-corrected chi connectivity index (χ4v) is 1.99. The molecule has 1 aromatic heterocycles. The van der Waals surface area contributed by atoms with Gasteiger partial charge in [0.05, 0.1) is 11.0 Å². The van der Waals surface area contributed by atoms with E-state index < -0.39 is 3.79 Å². The summed E-state index contributed by atoms with van der Waals surface area (Å²) in [5.74, 6) is 0.199. The van der Waals surface area contributed by atoms with Gasteiger partial charge >= 0.3 is 0 Å². The smallest absolute Gasteiger partial charge is 0.234 e. The van der Waals surface area contributed by atoms with E-state index >= 15 is 0 Å². The summed E-state index contributed by atoms with van der Waals surface area (Å²) in [4.78, 5) is 4.12. The van der Waals surface area contributed by atoms with Crippen molar-refractivity contribution < 1.29 is 0 Å². The molecule has 0 aliphatic carbocycles. The van der Waals surface area contributed by atoms with E-state index in [1.165, 1.54) is 4.09 Å². The highest BCUT2D eigenvalue weighted by atomic mass is 35.6. The number of rotatable bonds is 0. The van der Waals surface area contributed by atoms with Gasteiger partial charge in [-0.05, 0) is 12.1 Å². The molecule has 2 aromatic rings. The summed E-state index contributed by atoms with van der Waals surface area (Å²) in [6, 6.07) is 7.28. The van der Waals surface area contributed by atoms with Crippen molar-refractivity contribution in [3.05, 3.63) is 30.1 Å². The lowest BCUT2D eigenvalue weighted by molar-refractivity contribution is 1.00. The molecule has 0 aliphatic heterocycles. The van der Waals surface area contributed by atoms with Crippen LogP contribution in [0.1, 0.15) is 5.82 Å². The lowest BCUT2D eigenvalue weighted by Gasteiger charge is -2.07. The second kappa shape index (κ2) is 3.46. The average Bonchev–Trinajstić information content (AvgIpc) is 2.44. The van der Waals surface area contributed by atoms with Gasteiger partial charge in [0.15, 0.2) is 5.82 Å². The van der Waals surface area contributed by atoms with Crippen molar-refractivity contribution in [1.29, 1.82) is 0 Å². The van der Waals surface area contributed by atoms with Crippen molar-refractivity contribution in [2.24, 2.45) is 0 Å². The largest absolute Gasteiger partial charge is 0.249 e. The topological polar surface area (TPSA) is 17.8 Å². The van der Waals surface area contributed by atoms with Crippen molar-refractivity contribution >= 4 is 57.6 Å². The van der Waals surface area contributed by atoms with E-state index in [0.717, 1.165) is 5.52 Å². The molecule has 0 atom stereocenters. The molecule has 2 nitrogen and oxygen atoms in total. The molecule has 0 fully saturated rings. The molecule has 0 amide bonds.